The van der Waals surface area contributed by atoms with Crippen LogP contribution in [0.15, 0.2) is 55.5 Å². The molecule has 2 aromatic heterocycles. The molecule has 2 heterocycles. The maximum Gasteiger partial charge on any atom is 0.185 e. The fraction of sp³-hybridized carbons (Fsp3) is 0.0625. The van der Waals surface area contributed by atoms with E-state index in [2.05, 4.69) is 16.7 Å². The van der Waals surface area contributed by atoms with Gasteiger partial charge >= 0.3 is 0 Å². The monoisotopic (exact) mass is 279 g/mol. The highest BCUT2D eigenvalue weighted by Crippen LogP contribution is 2.26. The summed E-state index contributed by atoms with van der Waals surface area (Å²) in [4.78, 5) is 15.7. The summed E-state index contributed by atoms with van der Waals surface area (Å²) in [6.45, 7) is 5.38. The summed E-state index contributed by atoms with van der Waals surface area (Å²) < 4.78 is 7.50. The minimum Gasteiger partial charge on any atom is -0.457 e. The first-order valence-corrected chi connectivity index (χ1v) is 6.42. The third-order valence-electron chi connectivity index (χ3n) is 3.12. The fourth-order valence-electron chi connectivity index (χ4n) is 2.02. The van der Waals surface area contributed by atoms with E-state index >= 15 is 0 Å². The lowest BCUT2D eigenvalue weighted by atomic mass is 10.1. The van der Waals surface area contributed by atoms with Crippen molar-refractivity contribution >= 4 is 11.4 Å². The summed E-state index contributed by atoms with van der Waals surface area (Å²) in [6, 6.07) is 8.90. The van der Waals surface area contributed by atoms with Crippen molar-refractivity contribution in [2.75, 3.05) is 0 Å². The van der Waals surface area contributed by atoms with Crippen LogP contribution in [0.3, 0.4) is 0 Å². The van der Waals surface area contributed by atoms with Crippen LogP contribution >= 0.6 is 0 Å². The summed E-state index contributed by atoms with van der Waals surface area (Å²) in [5.74, 6) is 1.26. The van der Waals surface area contributed by atoms with Crippen molar-refractivity contribution in [1.29, 1.82) is 0 Å². The van der Waals surface area contributed by atoms with Crippen molar-refractivity contribution < 1.29 is 9.53 Å². The Morgan fingerprint density at radius 3 is 2.95 bits per heavy atom. The van der Waals surface area contributed by atoms with Crippen LogP contribution < -0.4 is 4.74 Å². The molecule has 5 heteroatoms. The minimum atomic E-state index is -0.102. The third kappa shape index (κ3) is 2.53. The number of aromatic nitrogens is 3. The van der Waals surface area contributed by atoms with E-state index in [9.17, 15) is 4.79 Å². The number of fused-ring (bicyclic) bond motifs is 1. The molecule has 104 valence electrons. The number of ketones is 1. The van der Waals surface area contributed by atoms with Crippen molar-refractivity contribution in [3.05, 3.63) is 66.6 Å². The van der Waals surface area contributed by atoms with E-state index in [4.69, 9.17) is 4.74 Å². The average Bonchev–Trinajstić information content (AvgIpc) is 2.96. The third-order valence-corrected chi connectivity index (χ3v) is 3.12. The number of aryl methyl sites for hydroxylation is 1. The van der Waals surface area contributed by atoms with Crippen LogP contribution in [0.4, 0.5) is 0 Å². The number of nitrogens with zero attached hydrogens (tertiary/aromatic N) is 3. The molecule has 0 aliphatic heterocycles. The molecule has 0 N–H and O–H groups in total. The van der Waals surface area contributed by atoms with E-state index in [1.807, 2.05) is 13.0 Å². The quantitative estimate of drug-likeness (QED) is 0.543. The minimum absolute atomic E-state index is 0.102. The Morgan fingerprint density at radius 1 is 1.33 bits per heavy atom. The van der Waals surface area contributed by atoms with E-state index in [0.29, 0.717) is 22.7 Å². The van der Waals surface area contributed by atoms with Gasteiger partial charge in [-0.05, 0) is 42.8 Å². The fourth-order valence-corrected chi connectivity index (χ4v) is 2.02. The van der Waals surface area contributed by atoms with Crippen LogP contribution in [0.25, 0.3) is 5.65 Å². The largest absolute Gasteiger partial charge is 0.457 e. The van der Waals surface area contributed by atoms with Gasteiger partial charge in [0.25, 0.3) is 0 Å². The normalized spacial score (nSPS) is 10.5. The number of benzene rings is 1. The second-order valence-corrected chi connectivity index (χ2v) is 4.58. The first-order chi connectivity index (χ1) is 10.2. The van der Waals surface area contributed by atoms with E-state index in [0.717, 1.165) is 5.56 Å². The molecule has 0 radical (unpaired) electrons. The van der Waals surface area contributed by atoms with Crippen LogP contribution in [0.5, 0.6) is 11.5 Å². The lowest BCUT2D eigenvalue weighted by Gasteiger charge is -2.09. The van der Waals surface area contributed by atoms with Crippen LogP contribution in [0, 0.1) is 6.92 Å². The first-order valence-electron chi connectivity index (χ1n) is 6.42. The molecule has 0 spiro atoms. The molecule has 0 atom stereocenters. The van der Waals surface area contributed by atoms with Crippen LogP contribution in [-0.4, -0.2) is 20.4 Å². The molecule has 3 rings (SSSR count). The molecule has 0 aliphatic carbocycles. The van der Waals surface area contributed by atoms with Gasteiger partial charge in [-0.15, -0.1) is 0 Å². The lowest BCUT2D eigenvalue weighted by molar-refractivity contribution is 0.104. The van der Waals surface area contributed by atoms with Gasteiger partial charge in [-0.3, -0.25) is 4.79 Å². The van der Waals surface area contributed by atoms with Gasteiger partial charge in [0.1, 0.15) is 17.8 Å². The summed E-state index contributed by atoms with van der Waals surface area (Å²) in [5, 5.41) is 4.03. The van der Waals surface area contributed by atoms with Gasteiger partial charge in [0.15, 0.2) is 11.4 Å². The van der Waals surface area contributed by atoms with E-state index in [-0.39, 0.29) is 5.78 Å². The van der Waals surface area contributed by atoms with Crippen LogP contribution in [0.1, 0.15) is 15.9 Å². The smallest absolute Gasteiger partial charge is 0.185 e. The van der Waals surface area contributed by atoms with Gasteiger partial charge in [0, 0.05) is 17.8 Å². The maximum absolute atomic E-state index is 11.6. The van der Waals surface area contributed by atoms with Gasteiger partial charge in [0.05, 0.1) is 0 Å². The van der Waals surface area contributed by atoms with Crippen molar-refractivity contribution in [2.24, 2.45) is 0 Å². The number of allylic oxidation sites excluding steroid dienone is 1. The molecular formula is C16H13N3O2. The van der Waals surface area contributed by atoms with Gasteiger partial charge in [0.2, 0.25) is 0 Å². The van der Waals surface area contributed by atoms with E-state index in [1.165, 1.54) is 12.4 Å². The number of ether oxygens (including phenoxy) is 1. The van der Waals surface area contributed by atoms with Gasteiger partial charge in [-0.25, -0.2) is 9.50 Å². The van der Waals surface area contributed by atoms with Crippen LogP contribution in [0.2, 0.25) is 0 Å². The number of pyridine rings is 1. The van der Waals surface area contributed by atoms with E-state index in [1.54, 1.807) is 35.0 Å². The van der Waals surface area contributed by atoms with Crippen molar-refractivity contribution in [3.8, 4) is 11.5 Å². The molecule has 3 aromatic rings. The zero-order valence-electron chi connectivity index (χ0n) is 11.5. The summed E-state index contributed by atoms with van der Waals surface area (Å²) >= 11 is 0. The van der Waals surface area contributed by atoms with Crippen LogP contribution in [-0.2, 0) is 0 Å². The number of hydrogen-bond acceptors (Lipinski definition) is 4. The molecule has 0 amide bonds. The Morgan fingerprint density at radius 2 is 2.19 bits per heavy atom. The topological polar surface area (TPSA) is 56.5 Å². The second kappa shape index (κ2) is 5.20. The highest BCUT2D eigenvalue weighted by atomic mass is 16.5. The zero-order valence-corrected chi connectivity index (χ0v) is 11.5. The predicted molar refractivity (Wildman–Crippen MR) is 78.8 cm³/mol. The highest BCUT2D eigenvalue weighted by Gasteiger charge is 2.07. The number of rotatable bonds is 4. The Kier molecular flexibility index (Phi) is 3.23. The highest BCUT2D eigenvalue weighted by molar-refractivity contribution is 6.04. The van der Waals surface area contributed by atoms with Gasteiger partial charge in [-0.2, -0.15) is 5.10 Å². The molecule has 5 nitrogen and oxygen atoms in total. The molecule has 0 saturated carbocycles. The van der Waals surface area contributed by atoms with Crippen molar-refractivity contribution in [1.82, 2.24) is 14.6 Å². The molecule has 1 aromatic carbocycles. The summed E-state index contributed by atoms with van der Waals surface area (Å²) in [5.41, 5.74) is 2.19. The molecule has 0 fully saturated rings. The van der Waals surface area contributed by atoms with Crippen molar-refractivity contribution in [2.45, 2.75) is 6.92 Å². The summed E-state index contributed by atoms with van der Waals surface area (Å²) in [6.07, 6.45) is 4.57. The Hall–Kier alpha value is -2.95. The number of hydrogen-bond donors (Lipinski definition) is 0. The molecule has 0 saturated heterocycles. The number of carbonyl (C=O) groups excluding carboxylic acids is 1. The molecule has 21 heavy (non-hydrogen) atoms. The zero-order chi connectivity index (χ0) is 14.8. The Balaban J connectivity index is 1.90. The molecule has 0 bridgehead atoms. The first kappa shape index (κ1) is 13.1. The molecule has 0 aliphatic rings. The summed E-state index contributed by atoms with van der Waals surface area (Å²) in [7, 11) is 0. The van der Waals surface area contributed by atoms with Crippen molar-refractivity contribution in [3.63, 3.8) is 0 Å². The van der Waals surface area contributed by atoms with E-state index < -0.39 is 0 Å². The van der Waals surface area contributed by atoms with Gasteiger partial charge < -0.3 is 4.74 Å². The SMILES string of the molecule is C=CC(=O)c1ccc(Oc2ccn3ncnc3c2)c(C)c1. The Bertz CT molecular complexity index is 836. The standard InChI is InChI=1S/C16H13N3O2/c1-3-14(20)12-4-5-15(11(2)8-12)21-13-6-7-19-16(9-13)17-10-18-19/h3-10H,1H2,2H3. The molecular weight excluding hydrogens is 266 g/mol. The second-order valence-electron chi connectivity index (χ2n) is 4.58. The van der Waals surface area contributed by atoms with Gasteiger partial charge in [-0.1, -0.05) is 6.58 Å². The predicted octanol–water partition coefficient (Wildman–Crippen LogP) is 3.20. The maximum atomic E-state index is 11.6. The molecule has 0 unspecified atom stereocenters. The Labute approximate surface area is 121 Å². The average molecular weight is 279 g/mol. The lowest BCUT2D eigenvalue weighted by Crippen LogP contribution is -1.96. The number of carbonyl (C=O) groups is 1.